The van der Waals surface area contributed by atoms with E-state index in [1.807, 2.05) is 18.2 Å². The fourth-order valence-electron chi connectivity index (χ4n) is 2.65. The average Bonchev–Trinajstić information content (AvgIpc) is 3.09. The van der Waals surface area contributed by atoms with Crippen molar-refractivity contribution >= 4 is 12.4 Å². The second-order valence-corrected chi connectivity index (χ2v) is 6.08. The zero-order chi connectivity index (χ0) is 16.8. The van der Waals surface area contributed by atoms with Crippen molar-refractivity contribution in [3.63, 3.8) is 0 Å². The van der Waals surface area contributed by atoms with Crippen LogP contribution < -0.4 is 5.32 Å². The van der Waals surface area contributed by atoms with E-state index in [9.17, 15) is 4.39 Å². The summed E-state index contributed by atoms with van der Waals surface area (Å²) in [4.78, 5) is 0. The second-order valence-electron chi connectivity index (χ2n) is 6.08. The summed E-state index contributed by atoms with van der Waals surface area (Å²) < 4.78 is 18.8. The first-order chi connectivity index (χ1) is 11.7. The van der Waals surface area contributed by atoms with Crippen LogP contribution in [0.2, 0.25) is 0 Å². The number of hydrogen-bond acceptors (Lipinski definition) is 2. The van der Waals surface area contributed by atoms with Gasteiger partial charge in [0.25, 0.3) is 0 Å². The maximum Gasteiger partial charge on any atom is 0.134 e. The molecule has 1 heterocycles. The van der Waals surface area contributed by atoms with Crippen LogP contribution in [0.25, 0.3) is 11.3 Å². The van der Waals surface area contributed by atoms with Crippen LogP contribution in [0.1, 0.15) is 24.7 Å². The SMILES string of the molecule is CC(CCc1ccccc1)NCc1ccc(-c2ccc(F)cc2)o1.Cl. The fourth-order valence-corrected chi connectivity index (χ4v) is 2.65. The Bertz CT molecular complexity index is 755. The molecule has 0 saturated carbocycles. The minimum Gasteiger partial charge on any atom is -0.460 e. The van der Waals surface area contributed by atoms with E-state index in [0.717, 1.165) is 29.9 Å². The molecule has 4 heteroatoms. The molecule has 25 heavy (non-hydrogen) atoms. The topological polar surface area (TPSA) is 25.2 Å². The molecule has 132 valence electrons. The lowest BCUT2D eigenvalue weighted by Crippen LogP contribution is -2.25. The standard InChI is InChI=1S/C21H22FNO.ClH/c1-16(7-8-17-5-3-2-4-6-17)23-15-20-13-14-21(24-20)18-9-11-19(22)12-10-18;/h2-6,9-14,16,23H,7-8,15H2,1H3;1H. The summed E-state index contributed by atoms with van der Waals surface area (Å²) in [5.74, 6) is 1.42. The van der Waals surface area contributed by atoms with Crippen molar-refractivity contribution in [1.29, 1.82) is 0 Å². The molecule has 0 spiro atoms. The molecule has 1 atom stereocenters. The van der Waals surface area contributed by atoms with Gasteiger partial charge in [0.1, 0.15) is 17.3 Å². The smallest absolute Gasteiger partial charge is 0.134 e. The summed E-state index contributed by atoms with van der Waals surface area (Å²) in [6.45, 7) is 2.88. The molecule has 3 aromatic rings. The lowest BCUT2D eigenvalue weighted by molar-refractivity contribution is 0.449. The van der Waals surface area contributed by atoms with Gasteiger partial charge in [0.15, 0.2) is 0 Å². The number of hydrogen-bond donors (Lipinski definition) is 1. The predicted octanol–water partition coefficient (Wildman–Crippen LogP) is 5.62. The summed E-state index contributed by atoms with van der Waals surface area (Å²) in [5, 5.41) is 3.49. The molecular weight excluding hydrogens is 337 g/mol. The van der Waals surface area contributed by atoms with E-state index in [-0.39, 0.29) is 18.2 Å². The molecule has 0 aliphatic heterocycles. The maximum absolute atomic E-state index is 13.0. The second kappa shape index (κ2) is 9.40. The van der Waals surface area contributed by atoms with E-state index in [0.29, 0.717) is 12.6 Å². The van der Waals surface area contributed by atoms with Gasteiger partial charge in [-0.3, -0.25) is 0 Å². The van der Waals surface area contributed by atoms with E-state index in [1.165, 1.54) is 17.7 Å². The Balaban J connectivity index is 0.00000225. The lowest BCUT2D eigenvalue weighted by Gasteiger charge is -2.12. The zero-order valence-corrected chi connectivity index (χ0v) is 15.1. The zero-order valence-electron chi connectivity index (χ0n) is 14.2. The van der Waals surface area contributed by atoms with Gasteiger partial charge in [-0.1, -0.05) is 30.3 Å². The van der Waals surface area contributed by atoms with Gasteiger partial charge in [0, 0.05) is 11.6 Å². The Morgan fingerprint density at radius 2 is 1.68 bits per heavy atom. The lowest BCUT2D eigenvalue weighted by atomic mass is 10.1. The third-order valence-electron chi connectivity index (χ3n) is 4.12. The quantitative estimate of drug-likeness (QED) is 0.592. The third-order valence-corrected chi connectivity index (χ3v) is 4.12. The highest BCUT2D eigenvalue weighted by Gasteiger charge is 2.07. The first kappa shape index (κ1) is 19.2. The highest BCUT2D eigenvalue weighted by molar-refractivity contribution is 5.85. The van der Waals surface area contributed by atoms with E-state index >= 15 is 0 Å². The monoisotopic (exact) mass is 359 g/mol. The number of halogens is 2. The number of rotatable bonds is 7. The van der Waals surface area contributed by atoms with Gasteiger partial charge in [0.05, 0.1) is 6.54 Å². The molecule has 0 fully saturated rings. The van der Waals surface area contributed by atoms with Gasteiger partial charge in [-0.2, -0.15) is 0 Å². The fraction of sp³-hybridized carbons (Fsp3) is 0.238. The summed E-state index contributed by atoms with van der Waals surface area (Å²) in [5.41, 5.74) is 2.25. The predicted molar refractivity (Wildman–Crippen MR) is 102 cm³/mol. The van der Waals surface area contributed by atoms with Crippen LogP contribution in [0.4, 0.5) is 4.39 Å². The number of furan rings is 1. The van der Waals surface area contributed by atoms with Gasteiger partial charge in [0.2, 0.25) is 0 Å². The van der Waals surface area contributed by atoms with Crippen molar-refractivity contribution in [2.24, 2.45) is 0 Å². The Hall–Kier alpha value is -2.10. The van der Waals surface area contributed by atoms with Crippen molar-refractivity contribution in [2.45, 2.75) is 32.4 Å². The van der Waals surface area contributed by atoms with Crippen LogP contribution in [0.15, 0.2) is 71.1 Å². The molecule has 0 amide bonds. The van der Waals surface area contributed by atoms with Crippen molar-refractivity contribution < 1.29 is 8.81 Å². The molecule has 1 unspecified atom stereocenters. The number of nitrogens with one attached hydrogen (secondary N) is 1. The van der Waals surface area contributed by atoms with Crippen LogP contribution in [0, 0.1) is 5.82 Å². The molecule has 1 aromatic heterocycles. The molecule has 0 aliphatic rings. The number of aryl methyl sites for hydroxylation is 1. The van der Waals surface area contributed by atoms with E-state index in [4.69, 9.17) is 4.42 Å². The van der Waals surface area contributed by atoms with Crippen LogP contribution in [0.5, 0.6) is 0 Å². The first-order valence-electron chi connectivity index (χ1n) is 8.32. The van der Waals surface area contributed by atoms with Crippen molar-refractivity contribution in [1.82, 2.24) is 5.32 Å². The summed E-state index contributed by atoms with van der Waals surface area (Å²) in [6, 6.07) is 21.2. The molecule has 0 bridgehead atoms. The van der Waals surface area contributed by atoms with E-state index in [2.05, 4.69) is 36.5 Å². The van der Waals surface area contributed by atoms with Gasteiger partial charge >= 0.3 is 0 Å². The molecule has 1 N–H and O–H groups in total. The van der Waals surface area contributed by atoms with Crippen LogP contribution >= 0.6 is 12.4 Å². The molecule has 0 aliphatic carbocycles. The Morgan fingerprint density at radius 3 is 2.40 bits per heavy atom. The molecular formula is C21H23ClFNO. The van der Waals surface area contributed by atoms with Crippen molar-refractivity contribution in [2.75, 3.05) is 0 Å². The van der Waals surface area contributed by atoms with Gasteiger partial charge in [-0.15, -0.1) is 12.4 Å². The highest BCUT2D eigenvalue weighted by atomic mass is 35.5. The van der Waals surface area contributed by atoms with Crippen LogP contribution in [-0.4, -0.2) is 6.04 Å². The minimum atomic E-state index is -0.237. The Labute approximate surface area is 154 Å². The summed E-state index contributed by atoms with van der Waals surface area (Å²) in [7, 11) is 0. The third kappa shape index (κ3) is 5.73. The minimum absolute atomic E-state index is 0. The normalized spacial score (nSPS) is 11.8. The Morgan fingerprint density at radius 1 is 0.960 bits per heavy atom. The molecule has 3 rings (SSSR count). The van der Waals surface area contributed by atoms with Gasteiger partial charge in [-0.25, -0.2) is 4.39 Å². The van der Waals surface area contributed by atoms with Gasteiger partial charge < -0.3 is 9.73 Å². The number of benzene rings is 2. The van der Waals surface area contributed by atoms with Crippen LogP contribution in [0.3, 0.4) is 0 Å². The molecule has 2 nitrogen and oxygen atoms in total. The van der Waals surface area contributed by atoms with Crippen molar-refractivity contribution in [3.05, 3.63) is 83.9 Å². The van der Waals surface area contributed by atoms with Gasteiger partial charge in [-0.05, 0) is 61.7 Å². The summed E-state index contributed by atoms with van der Waals surface area (Å²) in [6.07, 6.45) is 2.14. The highest BCUT2D eigenvalue weighted by Crippen LogP contribution is 2.22. The molecule has 2 aromatic carbocycles. The van der Waals surface area contributed by atoms with Crippen LogP contribution in [-0.2, 0) is 13.0 Å². The largest absolute Gasteiger partial charge is 0.460 e. The average molecular weight is 360 g/mol. The molecule has 0 radical (unpaired) electrons. The maximum atomic E-state index is 13.0. The Kier molecular flexibility index (Phi) is 7.23. The molecule has 0 saturated heterocycles. The van der Waals surface area contributed by atoms with E-state index in [1.54, 1.807) is 12.1 Å². The van der Waals surface area contributed by atoms with E-state index < -0.39 is 0 Å². The summed E-state index contributed by atoms with van der Waals surface area (Å²) >= 11 is 0. The van der Waals surface area contributed by atoms with Crippen molar-refractivity contribution in [3.8, 4) is 11.3 Å². The first-order valence-corrected chi connectivity index (χ1v) is 8.32.